The third-order valence-electron chi connectivity index (χ3n) is 3.81. The molecule has 2 N–H and O–H groups in total. The van der Waals surface area contributed by atoms with E-state index in [0.29, 0.717) is 22.7 Å². The normalized spacial score (nSPS) is 11.2. The Bertz CT molecular complexity index is 1050. The number of carbonyl (C=O) groups is 1. The number of carboxylic acid groups (broad SMARTS) is 1. The molecule has 4 aromatic rings. The molecule has 6 heteroatoms. The van der Waals surface area contributed by atoms with Crippen molar-refractivity contribution in [2.24, 2.45) is 7.05 Å². The van der Waals surface area contributed by atoms with Gasteiger partial charge in [0, 0.05) is 31.6 Å². The fraction of sp³-hybridized carbons (Fsp3) is 0.0588. The summed E-state index contributed by atoms with van der Waals surface area (Å²) in [7, 11) is 1.97. The van der Waals surface area contributed by atoms with Crippen LogP contribution in [-0.4, -0.2) is 25.6 Å². The molecule has 0 spiro atoms. The molecule has 1 aromatic carbocycles. The standard InChI is InChI=1S/C17H13N3O3/c1-20-7-5-10-2-3-11(8-14(10)20)23-15-9-13-16(19-15)12(17(21)22)4-6-18-13/h2-9,19H,1H3,(H,21,22). The van der Waals surface area contributed by atoms with Gasteiger partial charge >= 0.3 is 5.97 Å². The number of nitrogens with zero attached hydrogens (tertiary/aromatic N) is 2. The first-order valence-corrected chi connectivity index (χ1v) is 7.06. The average molecular weight is 307 g/mol. The van der Waals surface area contributed by atoms with Crippen molar-refractivity contribution >= 4 is 27.9 Å². The van der Waals surface area contributed by atoms with Crippen molar-refractivity contribution in [3.8, 4) is 11.6 Å². The number of H-pyrrole nitrogens is 1. The van der Waals surface area contributed by atoms with E-state index in [1.54, 1.807) is 6.07 Å². The maximum atomic E-state index is 11.2. The minimum absolute atomic E-state index is 0.169. The minimum Gasteiger partial charge on any atom is -0.478 e. The molecule has 0 saturated heterocycles. The number of ether oxygens (including phenoxy) is 1. The molecule has 114 valence electrons. The lowest BCUT2D eigenvalue weighted by Gasteiger charge is -2.04. The summed E-state index contributed by atoms with van der Waals surface area (Å²) in [6.45, 7) is 0. The Morgan fingerprint density at radius 3 is 2.96 bits per heavy atom. The first-order chi connectivity index (χ1) is 11.1. The molecule has 0 radical (unpaired) electrons. The number of carboxylic acids is 1. The molecule has 3 heterocycles. The van der Waals surface area contributed by atoms with Gasteiger partial charge in [0.05, 0.1) is 22.1 Å². The van der Waals surface area contributed by atoms with Crippen molar-refractivity contribution in [2.75, 3.05) is 0 Å². The lowest BCUT2D eigenvalue weighted by molar-refractivity contribution is 0.0699. The highest BCUT2D eigenvalue weighted by Gasteiger charge is 2.13. The van der Waals surface area contributed by atoms with Gasteiger partial charge in [-0.05, 0) is 29.7 Å². The van der Waals surface area contributed by atoms with Crippen LogP contribution in [0.2, 0.25) is 0 Å². The van der Waals surface area contributed by atoms with E-state index in [1.807, 2.05) is 42.1 Å². The first-order valence-electron chi connectivity index (χ1n) is 7.06. The predicted molar refractivity (Wildman–Crippen MR) is 86.0 cm³/mol. The number of hydrogen-bond acceptors (Lipinski definition) is 3. The second kappa shape index (κ2) is 4.88. The Morgan fingerprint density at radius 1 is 1.26 bits per heavy atom. The Kier molecular flexibility index (Phi) is 2.84. The molecule has 0 fully saturated rings. The van der Waals surface area contributed by atoms with Crippen LogP contribution in [0, 0.1) is 0 Å². The maximum Gasteiger partial charge on any atom is 0.337 e. The summed E-state index contributed by atoms with van der Waals surface area (Å²) in [5, 5.41) is 10.3. The quantitative estimate of drug-likeness (QED) is 0.606. The zero-order valence-corrected chi connectivity index (χ0v) is 12.3. The van der Waals surface area contributed by atoms with Gasteiger partial charge in [-0.2, -0.15) is 0 Å². The third-order valence-corrected chi connectivity index (χ3v) is 3.81. The second-order valence-electron chi connectivity index (χ2n) is 5.31. The molecule has 6 nitrogen and oxygen atoms in total. The molecule has 0 unspecified atom stereocenters. The number of aromatic nitrogens is 3. The molecule has 0 amide bonds. The molecule has 3 aromatic heterocycles. The predicted octanol–water partition coefficient (Wildman–Crippen LogP) is 3.55. The van der Waals surface area contributed by atoms with Crippen LogP contribution < -0.4 is 4.74 Å². The number of nitrogens with one attached hydrogen (secondary N) is 1. The highest BCUT2D eigenvalue weighted by Crippen LogP contribution is 2.28. The van der Waals surface area contributed by atoms with E-state index in [1.165, 1.54) is 12.3 Å². The number of pyridine rings is 1. The third kappa shape index (κ3) is 2.20. The zero-order chi connectivity index (χ0) is 16.0. The molecule has 0 atom stereocenters. The second-order valence-corrected chi connectivity index (χ2v) is 5.31. The minimum atomic E-state index is -1.00. The largest absolute Gasteiger partial charge is 0.478 e. The van der Waals surface area contributed by atoms with Crippen molar-refractivity contribution in [3.05, 3.63) is 54.4 Å². The monoisotopic (exact) mass is 307 g/mol. The number of hydrogen-bond donors (Lipinski definition) is 2. The van der Waals surface area contributed by atoms with E-state index >= 15 is 0 Å². The molecule has 0 aliphatic rings. The van der Waals surface area contributed by atoms with E-state index < -0.39 is 5.97 Å². The fourth-order valence-corrected chi connectivity index (χ4v) is 2.67. The SMILES string of the molecule is Cn1ccc2ccc(Oc3cc4nccc(C(=O)O)c4[nH]3)cc21. The van der Waals surface area contributed by atoms with Crippen LogP contribution in [0.3, 0.4) is 0 Å². The van der Waals surface area contributed by atoms with Crippen LogP contribution in [-0.2, 0) is 7.05 Å². The summed E-state index contributed by atoms with van der Waals surface area (Å²) in [6, 6.07) is 11.0. The summed E-state index contributed by atoms with van der Waals surface area (Å²) in [5.41, 5.74) is 2.24. The number of fused-ring (bicyclic) bond motifs is 2. The summed E-state index contributed by atoms with van der Waals surface area (Å²) >= 11 is 0. The molecule has 0 aliphatic heterocycles. The van der Waals surface area contributed by atoms with Crippen molar-refractivity contribution in [1.29, 1.82) is 0 Å². The van der Waals surface area contributed by atoms with Crippen LogP contribution in [0.4, 0.5) is 0 Å². The molecule has 0 aliphatic carbocycles. The molecule has 4 rings (SSSR count). The number of aryl methyl sites for hydroxylation is 1. The van der Waals surface area contributed by atoms with Gasteiger partial charge in [-0.3, -0.25) is 4.98 Å². The van der Waals surface area contributed by atoms with Gasteiger partial charge < -0.3 is 19.4 Å². The van der Waals surface area contributed by atoms with Gasteiger partial charge in [-0.1, -0.05) is 0 Å². The van der Waals surface area contributed by atoms with E-state index in [4.69, 9.17) is 4.74 Å². The van der Waals surface area contributed by atoms with E-state index in [9.17, 15) is 9.90 Å². The van der Waals surface area contributed by atoms with Crippen LogP contribution in [0.5, 0.6) is 11.6 Å². The maximum absolute atomic E-state index is 11.2. The van der Waals surface area contributed by atoms with Crippen LogP contribution in [0.1, 0.15) is 10.4 Å². The summed E-state index contributed by atoms with van der Waals surface area (Å²) < 4.78 is 7.84. The molecule has 0 bridgehead atoms. The van der Waals surface area contributed by atoms with Crippen LogP contribution >= 0.6 is 0 Å². The zero-order valence-electron chi connectivity index (χ0n) is 12.3. The van der Waals surface area contributed by atoms with Gasteiger partial charge in [-0.15, -0.1) is 0 Å². The Hall–Kier alpha value is -3.28. The summed E-state index contributed by atoms with van der Waals surface area (Å²) in [5.74, 6) is 0.119. The highest BCUT2D eigenvalue weighted by atomic mass is 16.5. The number of benzene rings is 1. The summed E-state index contributed by atoms with van der Waals surface area (Å²) in [4.78, 5) is 18.4. The Balaban J connectivity index is 1.75. The van der Waals surface area contributed by atoms with E-state index in [0.717, 1.165) is 10.9 Å². The first kappa shape index (κ1) is 13.4. The summed E-state index contributed by atoms with van der Waals surface area (Å²) in [6.07, 6.45) is 3.46. The number of aromatic amines is 1. The van der Waals surface area contributed by atoms with Gasteiger partial charge in [0.25, 0.3) is 0 Å². The molecule has 0 saturated carbocycles. The topological polar surface area (TPSA) is 80.1 Å². The molecular formula is C17H13N3O3. The van der Waals surface area contributed by atoms with Gasteiger partial charge in [0.1, 0.15) is 5.75 Å². The lowest BCUT2D eigenvalue weighted by Crippen LogP contribution is -1.97. The van der Waals surface area contributed by atoms with Gasteiger partial charge in [-0.25, -0.2) is 4.79 Å². The van der Waals surface area contributed by atoms with Crippen LogP contribution in [0.15, 0.2) is 48.8 Å². The number of aromatic carboxylic acids is 1. The van der Waals surface area contributed by atoms with Gasteiger partial charge in [0.2, 0.25) is 0 Å². The van der Waals surface area contributed by atoms with Gasteiger partial charge in [0.15, 0.2) is 5.88 Å². The Morgan fingerprint density at radius 2 is 2.13 bits per heavy atom. The van der Waals surface area contributed by atoms with Crippen molar-refractivity contribution in [1.82, 2.24) is 14.5 Å². The number of rotatable bonds is 3. The Labute approximate surface area is 130 Å². The lowest BCUT2D eigenvalue weighted by atomic mass is 10.2. The fourth-order valence-electron chi connectivity index (χ4n) is 2.67. The van der Waals surface area contributed by atoms with Crippen molar-refractivity contribution < 1.29 is 14.6 Å². The van der Waals surface area contributed by atoms with E-state index in [2.05, 4.69) is 9.97 Å². The smallest absolute Gasteiger partial charge is 0.337 e. The van der Waals surface area contributed by atoms with Crippen LogP contribution in [0.25, 0.3) is 21.9 Å². The molecule has 23 heavy (non-hydrogen) atoms. The van der Waals surface area contributed by atoms with E-state index in [-0.39, 0.29) is 5.56 Å². The average Bonchev–Trinajstić information content (AvgIpc) is 3.10. The van der Waals surface area contributed by atoms with Crippen molar-refractivity contribution in [3.63, 3.8) is 0 Å². The highest BCUT2D eigenvalue weighted by molar-refractivity contribution is 6.01. The molecular weight excluding hydrogens is 294 g/mol. The van der Waals surface area contributed by atoms with Crippen molar-refractivity contribution in [2.45, 2.75) is 0 Å².